The van der Waals surface area contributed by atoms with Crippen LogP contribution < -0.4 is 11.1 Å². The number of nitrogens with one attached hydrogen (secondary N) is 1. The van der Waals surface area contributed by atoms with Gasteiger partial charge >= 0.3 is 0 Å². The number of nitrogen functional groups attached to an aromatic ring is 1. The lowest BCUT2D eigenvalue weighted by atomic mass is 9.79. The van der Waals surface area contributed by atoms with Crippen molar-refractivity contribution in [3.63, 3.8) is 0 Å². The molecule has 6 rings (SSSR count). The number of pyridine rings is 1. The van der Waals surface area contributed by atoms with Crippen molar-refractivity contribution in [2.24, 2.45) is 5.41 Å². The maximum Gasteiger partial charge on any atom is 0.163 e. The second kappa shape index (κ2) is 8.19. The van der Waals surface area contributed by atoms with E-state index < -0.39 is 11.2 Å². The third-order valence-electron chi connectivity index (χ3n) is 7.68. The third-order valence-corrected chi connectivity index (χ3v) is 7.68. The van der Waals surface area contributed by atoms with Gasteiger partial charge in [0.15, 0.2) is 5.79 Å². The van der Waals surface area contributed by atoms with Crippen LogP contribution in [-0.4, -0.2) is 44.6 Å². The second-order valence-electron chi connectivity index (χ2n) is 10.3. The second-order valence-corrected chi connectivity index (χ2v) is 10.3. The highest BCUT2D eigenvalue weighted by Gasteiger charge is 2.61. The molecule has 0 spiro atoms. The van der Waals surface area contributed by atoms with E-state index in [2.05, 4.69) is 50.0 Å². The molecule has 0 bridgehead atoms. The van der Waals surface area contributed by atoms with Crippen molar-refractivity contribution >= 4 is 33.6 Å². The number of hydrogen-bond acceptors (Lipinski definition) is 7. The Morgan fingerprint density at radius 1 is 1.19 bits per heavy atom. The molecule has 1 aromatic carbocycles. The molecule has 1 aliphatic heterocycles. The number of benzene rings is 1. The predicted molar refractivity (Wildman–Crippen MR) is 140 cm³/mol. The summed E-state index contributed by atoms with van der Waals surface area (Å²) in [6.07, 6.45) is 11.7. The van der Waals surface area contributed by atoms with Gasteiger partial charge in [-0.25, -0.2) is 15.0 Å². The van der Waals surface area contributed by atoms with Crippen LogP contribution in [0.5, 0.6) is 0 Å². The van der Waals surface area contributed by atoms with Gasteiger partial charge in [0, 0.05) is 18.6 Å². The van der Waals surface area contributed by atoms with Crippen LogP contribution in [0.2, 0.25) is 0 Å². The molecule has 3 aromatic heterocycles. The molecule has 184 valence electrons. The number of aryl methyl sites for hydroxylation is 1. The average molecular weight is 483 g/mol. The van der Waals surface area contributed by atoms with E-state index in [1.54, 1.807) is 0 Å². The van der Waals surface area contributed by atoms with Gasteiger partial charge in [0.05, 0.1) is 22.4 Å². The van der Waals surface area contributed by atoms with Crippen LogP contribution >= 0.6 is 0 Å². The first kappa shape index (κ1) is 22.8. The zero-order valence-corrected chi connectivity index (χ0v) is 20.7. The number of fused-ring (bicyclic) bond motifs is 3. The molecule has 0 unspecified atom stereocenters. The number of aromatic nitrogens is 4. The van der Waals surface area contributed by atoms with Crippen LogP contribution in [-0.2, 0) is 15.9 Å². The summed E-state index contributed by atoms with van der Waals surface area (Å²) in [5.41, 5.74) is 8.56. The first-order chi connectivity index (χ1) is 17.3. The zero-order valence-electron chi connectivity index (χ0n) is 20.7. The van der Waals surface area contributed by atoms with E-state index >= 15 is 0 Å². The van der Waals surface area contributed by atoms with Crippen LogP contribution in [0.4, 0.5) is 11.6 Å². The molecular weight excluding hydrogens is 452 g/mol. The normalized spacial score (nSPS) is 26.8. The Hall–Kier alpha value is -3.67. The Balaban J connectivity index is 1.34. The lowest BCUT2D eigenvalue weighted by Gasteiger charge is -2.31. The predicted octanol–water partition coefficient (Wildman–Crippen LogP) is 4.32. The van der Waals surface area contributed by atoms with Crippen LogP contribution in [0, 0.1) is 17.8 Å². The minimum atomic E-state index is -0.719. The largest absolute Gasteiger partial charge is 0.383 e. The third kappa shape index (κ3) is 3.58. The van der Waals surface area contributed by atoms with Crippen molar-refractivity contribution in [2.45, 2.75) is 57.1 Å². The maximum atomic E-state index is 6.48. The molecule has 2 fully saturated rings. The molecule has 36 heavy (non-hydrogen) atoms. The Kier molecular flexibility index (Phi) is 5.18. The monoisotopic (exact) mass is 482 g/mol. The summed E-state index contributed by atoms with van der Waals surface area (Å²) in [6, 6.07) is 12.4. The fourth-order valence-corrected chi connectivity index (χ4v) is 5.90. The van der Waals surface area contributed by atoms with Crippen molar-refractivity contribution in [2.75, 3.05) is 18.1 Å². The van der Waals surface area contributed by atoms with Crippen molar-refractivity contribution in [3.8, 4) is 12.3 Å². The first-order valence-corrected chi connectivity index (χ1v) is 12.3. The van der Waals surface area contributed by atoms with Gasteiger partial charge in [-0.05, 0) is 62.9 Å². The smallest absolute Gasteiger partial charge is 0.163 e. The van der Waals surface area contributed by atoms with Gasteiger partial charge in [-0.3, -0.25) is 0 Å². The van der Waals surface area contributed by atoms with Crippen LogP contribution in [0.1, 0.15) is 38.3 Å². The van der Waals surface area contributed by atoms with Gasteiger partial charge in [-0.1, -0.05) is 18.1 Å². The average Bonchev–Trinajstić information content (AvgIpc) is 3.53. The molecule has 2 aliphatic rings. The van der Waals surface area contributed by atoms with Gasteiger partial charge in [0.1, 0.15) is 35.8 Å². The minimum Gasteiger partial charge on any atom is -0.383 e. The van der Waals surface area contributed by atoms with E-state index in [1.165, 1.54) is 11.9 Å². The van der Waals surface area contributed by atoms with Gasteiger partial charge in [-0.15, -0.1) is 6.42 Å². The molecule has 4 atom stereocenters. The SMILES string of the molecule is C#C[C@]1(CCc2ccc3ccc(NC)nc3c2)C[C@@H](n2ccc3c(N)ncnc32)[C@@H]2OC(C)(C)O[C@@H]21. The molecule has 0 radical (unpaired) electrons. The molecule has 1 saturated carbocycles. The van der Waals surface area contributed by atoms with Crippen molar-refractivity contribution in [1.82, 2.24) is 19.5 Å². The van der Waals surface area contributed by atoms with E-state index in [9.17, 15) is 0 Å². The summed E-state index contributed by atoms with van der Waals surface area (Å²) in [6.45, 7) is 3.90. The molecule has 1 aliphatic carbocycles. The number of nitrogens with zero attached hydrogens (tertiary/aromatic N) is 4. The number of rotatable bonds is 5. The summed E-state index contributed by atoms with van der Waals surface area (Å²) in [5.74, 6) is 3.76. The number of anilines is 2. The maximum absolute atomic E-state index is 6.48. The van der Waals surface area contributed by atoms with Gasteiger partial charge in [0.25, 0.3) is 0 Å². The fraction of sp³-hybridized carbons (Fsp3) is 0.393. The molecule has 8 nitrogen and oxygen atoms in total. The topological polar surface area (TPSA) is 100 Å². The van der Waals surface area contributed by atoms with Crippen LogP contribution in [0.25, 0.3) is 21.9 Å². The van der Waals surface area contributed by atoms with E-state index in [-0.39, 0.29) is 18.2 Å². The van der Waals surface area contributed by atoms with Crippen molar-refractivity contribution < 1.29 is 9.47 Å². The fourth-order valence-electron chi connectivity index (χ4n) is 5.90. The van der Waals surface area contributed by atoms with Crippen LogP contribution in [0.3, 0.4) is 0 Å². The minimum absolute atomic E-state index is 0.0314. The highest BCUT2D eigenvalue weighted by molar-refractivity contribution is 5.86. The summed E-state index contributed by atoms with van der Waals surface area (Å²) >= 11 is 0. The highest BCUT2D eigenvalue weighted by atomic mass is 16.8. The van der Waals surface area contributed by atoms with Crippen molar-refractivity contribution in [1.29, 1.82) is 0 Å². The standard InChI is InChI=1S/C28H30N6O2/c1-5-28(12-10-17-6-7-18-8-9-22(30-4)33-20(18)14-17)15-21(23-24(28)36-27(2,3)35-23)34-13-11-19-25(29)31-16-32-26(19)34/h1,6-9,11,13-14,16,21,23-24H,10,12,15H2,2-4H3,(H,30,33)(H2,29,31,32)/t21-,23+,24+,28+/m1/s1. The Bertz CT molecular complexity index is 1510. The number of ether oxygens (including phenoxy) is 2. The summed E-state index contributed by atoms with van der Waals surface area (Å²) in [5, 5.41) is 5.05. The molecule has 1 saturated heterocycles. The summed E-state index contributed by atoms with van der Waals surface area (Å²) < 4.78 is 15.1. The van der Waals surface area contributed by atoms with Gasteiger partial charge in [-0.2, -0.15) is 0 Å². The van der Waals surface area contributed by atoms with Gasteiger partial charge < -0.3 is 25.1 Å². The quantitative estimate of drug-likeness (QED) is 0.409. The van der Waals surface area contributed by atoms with Crippen LogP contribution in [0.15, 0.2) is 48.9 Å². The molecule has 0 amide bonds. The van der Waals surface area contributed by atoms with E-state index in [0.717, 1.165) is 47.0 Å². The highest BCUT2D eigenvalue weighted by Crippen LogP contribution is 2.55. The van der Waals surface area contributed by atoms with E-state index in [0.29, 0.717) is 5.82 Å². The van der Waals surface area contributed by atoms with E-state index in [4.69, 9.17) is 26.6 Å². The van der Waals surface area contributed by atoms with Gasteiger partial charge in [0.2, 0.25) is 0 Å². The van der Waals surface area contributed by atoms with Crippen molar-refractivity contribution in [3.05, 3.63) is 54.5 Å². The number of terminal acetylenes is 1. The Morgan fingerprint density at radius 3 is 2.83 bits per heavy atom. The number of nitrogens with two attached hydrogens (primary N) is 1. The zero-order chi connectivity index (χ0) is 25.1. The molecular formula is C28H30N6O2. The molecule has 3 N–H and O–H groups in total. The first-order valence-electron chi connectivity index (χ1n) is 12.3. The Morgan fingerprint density at radius 2 is 2.03 bits per heavy atom. The van der Waals surface area contributed by atoms with E-state index in [1.807, 2.05) is 39.2 Å². The molecule has 4 heterocycles. The molecule has 8 heteroatoms. The number of hydrogen-bond donors (Lipinski definition) is 2. The summed E-state index contributed by atoms with van der Waals surface area (Å²) in [7, 11) is 1.88. The lowest BCUT2D eigenvalue weighted by molar-refractivity contribution is -0.165. The Labute approximate surface area is 210 Å². The lowest BCUT2D eigenvalue weighted by Crippen LogP contribution is -2.35. The summed E-state index contributed by atoms with van der Waals surface area (Å²) in [4.78, 5) is 13.4. The molecule has 4 aromatic rings.